The summed E-state index contributed by atoms with van der Waals surface area (Å²) in [6.07, 6.45) is 0. The van der Waals surface area contributed by atoms with Gasteiger partial charge in [-0.1, -0.05) is 12.1 Å². The Morgan fingerprint density at radius 2 is 2.31 bits per heavy atom. The third-order valence-corrected chi connectivity index (χ3v) is 2.01. The fraction of sp³-hybridized carbons (Fsp3) is 0.364. The van der Waals surface area contributed by atoms with Gasteiger partial charge in [0.15, 0.2) is 0 Å². The van der Waals surface area contributed by atoms with Crippen LogP contribution in [0, 0.1) is 6.92 Å². The fourth-order valence-corrected chi connectivity index (χ4v) is 1.24. The number of nitrogens with zero attached hydrogens (tertiary/aromatic N) is 1. The van der Waals surface area contributed by atoms with Crippen molar-refractivity contribution in [2.24, 2.45) is 10.8 Å². The van der Waals surface area contributed by atoms with Crippen molar-refractivity contribution in [3.8, 4) is 5.75 Å². The molecule has 0 radical (unpaired) electrons. The maximum atomic E-state index is 5.54. The molecule has 0 aliphatic rings. The fourth-order valence-electron chi connectivity index (χ4n) is 1.24. The highest BCUT2D eigenvalue weighted by Crippen LogP contribution is 2.11. The second-order valence-electron chi connectivity index (χ2n) is 3.31. The molecule has 5 heteroatoms. The monoisotopic (exact) mass is 222 g/mol. The third kappa shape index (κ3) is 4.18. The smallest absolute Gasteiger partial charge is 0.205 e. The van der Waals surface area contributed by atoms with Crippen molar-refractivity contribution in [1.29, 1.82) is 0 Å². The summed E-state index contributed by atoms with van der Waals surface area (Å²) >= 11 is 0. The highest BCUT2D eigenvalue weighted by molar-refractivity contribution is 5.78. The second kappa shape index (κ2) is 6.68. The summed E-state index contributed by atoms with van der Waals surface area (Å²) in [6.45, 7) is 3.24. The molecule has 0 heterocycles. The Bertz CT molecular complexity index is 352. The summed E-state index contributed by atoms with van der Waals surface area (Å²) in [5.74, 6) is 6.63. The molecular formula is C11H18N4O. The molecule has 0 saturated carbocycles. The minimum atomic E-state index is 0.549. The first-order valence-corrected chi connectivity index (χ1v) is 5.13. The van der Waals surface area contributed by atoms with Gasteiger partial charge in [-0.2, -0.15) is 0 Å². The van der Waals surface area contributed by atoms with Crippen LogP contribution in [0.15, 0.2) is 29.3 Å². The maximum Gasteiger partial charge on any atom is 0.205 e. The van der Waals surface area contributed by atoms with Crippen LogP contribution in [0.25, 0.3) is 0 Å². The van der Waals surface area contributed by atoms with E-state index < -0.39 is 0 Å². The summed E-state index contributed by atoms with van der Waals surface area (Å²) in [5, 5.41) is 2.99. The number of hydrogen-bond acceptors (Lipinski definition) is 3. The van der Waals surface area contributed by atoms with Crippen LogP contribution in [0.2, 0.25) is 0 Å². The normalized spacial score (nSPS) is 11.1. The van der Waals surface area contributed by atoms with Gasteiger partial charge in [-0.15, -0.1) is 0 Å². The molecule has 1 aromatic carbocycles. The van der Waals surface area contributed by atoms with E-state index in [2.05, 4.69) is 15.7 Å². The first-order chi connectivity index (χ1) is 7.76. The summed E-state index contributed by atoms with van der Waals surface area (Å²) in [5.41, 5.74) is 3.63. The van der Waals surface area contributed by atoms with Gasteiger partial charge in [0.05, 0.1) is 6.54 Å². The average Bonchev–Trinajstić information content (AvgIpc) is 2.29. The van der Waals surface area contributed by atoms with E-state index in [0.717, 1.165) is 5.75 Å². The Kier molecular flexibility index (Phi) is 5.15. The van der Waals surface area contributed by atoms with Crippen LogP contribution in [0.1, 0.15) is 5.56 Å². The summed E-state index contributed by atoms with van der Waals surface area (Å²) < 4.78 is 5.54. The van der Waals surface area contributed by atoms with Crippen molar-refractivity contribution in [2.45, 2.75) is 6.92 Å². The molecule has 0 spiro atoms. The topological polar surface area (TPSA) is 71.7 Å². The van der Waals surface area contributed by atoms with Gasteiger partial charge in [0.2, 0.25) is 5.96 Å². The quantitative estimate of drug-likeness (QED) is 0.227. The average molecular weight is 222 g/mol. The van der Waals surface area contributed by atoms with Gasteiger partial charge < -0.3 is 10.1 Å². The van der Waals surface area contributed by atoms with E-state index >= 15 is 0 Å². The standard InChI is InChI=1S/C11H18N4O/c1-9-4-3-5-10(8-9)16-7-6-14-11(13-2)15-12/h3-5,8H,6-7,12H2,1-2H3,(H2,13,14,15). The molecule has 0 bridgehead atoms. The van der Waals surface area contributed by atoms with E-state index in [1.807, 2.05) is 31.2 Å². The number of guanidine groups is 1. The molecule has 1 rings (SSSR count). The van der Waals surface area contributed by atoms with Gasteiger partial charge in [-0.05, 0) is 24.6 Å². The molecule has 88 valence electrons. The molecule has 0 aliphatic carbocycles. The van der Waals surface area contributed by atoms with E-state index in [9.17, 15) is 0 Å². The van der Waals surface area contributed by atoms with Gasteiger partial charge in [0, 0.05) is 7.05 Å². The summed E-state index contributed by atoms with van der Waals surface area (Å²) in [6, 6.07) is 7.93. The molecule has 0 fully saturated rings. The highest BCUT2D eigenvalue weighted by Gasteiger charge is 1.95. The predicted molar refractivity (Wildman–Crippen MR) is 65.4 cm³/mol. The Balaban J connectivity index is 2.26. The zero-order chi connectivity index (χ0) is 11.8. The zero-order valence-electron chi connectivity index (χ0n) is 9.66. The van der Waals surface area contributed by atoms with Crippen LogP contribution >= 0.6 is 0 Å². The highest BCUT2D eigenvalue weighted by atomic mass is 16.5. The number of rotatable bonds is 4. The van der Waals surface area contributed by atoms with Gasteiger partial charge in [-0.3, -0.25) is 10.4 Å². The van der Waals surface area contributed by atoms with Crippen LogP contribution < -0.4 is 21.3 Å². The number of benzene rings is 1. The number of hydrazine groups is 1. The summed E-state index contributed by atoms with van der Waals surface area (Å²) in [7, 11) is 1.66. The third-order valence-electron chi connectivity index (χ3n) is 2.01. The number of aryl methyl sites for hydroxylation is 1. The van der Waals surface area contributed by atoms with Crippen LogP contribution in [-0.2, 0) is 0 Å². The molecule has 1 aromatic rings. The van der Waals surface area contributed by atoms with Gasteiger partial charge in [-0.25, -0.2) is 5.84 Å². The number of ether oxygens (including phenoxy) is 1. The van der Waals surface area contributed by atoms with Gasteiger partial charge >= 0.3 is 0 Å². The lowest BCUT2D eigenvalue weighted by Gasteiger charge is -2.09. The molecule has 16 heavy (non-hydrogen) atoms. The van der Waals surface area contributed by atoms with Crippen molar-refractivity contribution in [2.75, 3.05) is 20.2 Å². The Morgan fingerprint density at radius 3 is 2.94 bits per heavy atom. The first-order valence-electron chi connectivity index (χ1n) is 5.13. The van der Waals surface area contributed by atoms with Gasteiger partial charge in [0.1, 0.15) is 12.4 Å². The Morgan fingerprint density at radius 1 is 1.50 bits per heavy atom. The van der Waals surface area contributed by atoms with Crippen molar-refractivity contribution in [3.05, 3.63) is 29.8 Å². The van der Waals surface area contributed by atoms with Crippen LogP contribution in [0.3, 0.4) is 0 Å². The van der Waals surface area contributed by atoms with Crippen LogP contribution in [0.5, 0.6) is 5.75 Å². The number of hydrogen-bond donors (Lipinski definition) is 3. The largest absolute Gasteiger partial charge is 0.492 e. The molecular weight excluding hydrogens is 204 g/mol. The Labute approximate surface area is 95.7 Å². The van der Waals surface area contributed by atoms with E-state index in [4.69, 9.17) is 10.6 Å². The second-order valence-corrected chi connectivity index (χ2v) is 3.31. The molecule has 0 saturated heterocycles. The number of aliphatic imine (C=N–C) groups is 1. The van der Waals surface area contributed by atoms with E-state index in [1.54, 1.807) is 7.05 Å². The molecule has 0 unspecified atom stereocenters. The zero-order valence-corrected chi connectivity index (χ0v) is 9.66. The minimum Gasteiger partial charge on any atom is -0.492 e. The number of nitrogens with two attached hydrogens (primary N) is 1. The minimum absolute atomic E-state index is 0.549. The summed E-state index contributed by atoms with van der Waals surface area (Å²) in [4.78, 5) is 3.88. The van der Waals surface area contributed by atoms with Gasteiger partial charge in [0.25, 0.3) is 0 Å². The Hall–Kier alpha value is -1.75. The van der Waals surface area contributed by atoms with E-state index in [-0.39, 0.29) is 0 Å². The van der Waals surface area contributed by atoms with Crippen molar-refractivity contribution >= 4 is 5.96 Å². The SMILES string of the molecule is CN=C(NN)NCCOc1cccc(C)c1. The molecule has 5 nitrogen and oxygen atoms in total. The van der Waals surface area contributed by atoms with Crippen LogP contribution in [0.4, 0.5) is 0 Å². The van der Waals surface area contributed by atoms with Crippen LogP contribution in [-0.4, -0.2) is 26.2 Å². The molecule has 0 aromatic heterocycles. The first kappa shape index (κ1) is 12.3. The van der Waals surface area contributed by atoms with Crippen molar-refractivity contribution in [1.82, 2.24) is 10.7 Å². The lowest BCUT2D eigenvalue weighted by Crippen LogP contribution is -2.42. The number of nitrogens with one attached hydrogen (secondary N) is 2. The van der Waals surface area contributed by atoms with Crippen molar-refractivity contribution < 1.29 is 4.74 Å². The lowest BCUT2D eigenvalue weighted by molar-refractivity contribution is 0.322. The predicted octanol–water partition coefficient (Wildman–Crippen LogP) is 0.413. The molecule has 0 aliphatic heterocycles. The van der Waals surface area contributed by atoms with E-state index in [1.165, 1.54) is 5.56 Å². The van der Waals surface area contributed by atoms with Crippen molar-refractivity contribution in [3.63, 3.8) is 0 Å². The molecule has 0 atom stereocenters. The lowest BCUT2D eigenvalue weighted by atomic mass is 10.2. The van der Waals surface area contributed by atoms with E-state index in [0.29, 0.717) is 19.1 Å². The molecule has 4 N–H and O–H groups in total. The maximum absolute atomic E-state index is 5.54. The molecule has 0 amide bonds.